The summed E-state index contributed by atoms with van der Waals surface area (Å²) in [7, 11) is 2.90. The number of hydrogen-bond acceptors (Lipinski definition) is 12. The molecule has 0 radical (unpaired) electrons. The predicted molar refractivity (Wildman–Crippen MR) is 134 cm³/mol. The van der Waals surface area contributed by atoms with Gasteiger partial charge in [0.15, 0.2) is 23.1 Å². The Hall–Kier alpha value is -4.71. The van der Waals surface area contributed by atoms with Crippen LogP contribution in [-0.4, -0.2) is 63.8 Å². The van der Waals surface area contributed by atoms with Gasteiger partial charge in [0.2, 0.25) is 5.75 Å². The lowest BCUT2D eigenvalue weighted by Crippen LogP contribution is -2.03. The maximum atomic E-state index is 10.1. The third-order valence-corrected chi connectivity index (χ3v) is 4.97. The third-order valence-electron chi connectivity index (χ3n) is 4.97. The van der Waals surface area contributed by atoms with Crippen molar-refractivity contribution in [3.8, 4) is 23.0 Å². The van der Waals surface area contributed by atoms with Gasteiger partial charge >= 0.3 is 0 Å². The molecule has 4 N–H and O–H groups in total. The quantitative estimate of drug-likeness (QED) is 0.139. The number of ether oxygens (including phenoxy) is 3. The fraction of sp³-hybridized carbons (Fsp3) is 0.208. The van der Waals surface area contributed by atoms with Crippen molar-refractivity contribution in [2.75, 3.05) is 38.2 Å². The molecule has 2 aromatic heterocycles. The van der Waals surface area contributed by atoms with Crippen LogP contribution in [0, 0.1) is 0 Å². The van der Waals surface area contributed by atoms with Crippen LogP contribution in [0.2, 0.25) is 0 Å². The van der Waals surface area contributed by atoms with E-state index in [2.05, 4.69) is 35.8 Å². The van der Waals surface area contributed by atoms with Gasteiger partial charge in [-0.05, 0) is 24.3 Å². The molecule has 0 saturated carbocycles. The molecule has 36 heavy (non-hydrogen) atoms. The van der Waals surface area contributed by atoms with Gasteiger partial charge in [0, 0.05) is 30.3 Å². The summed E-state index contributed by atoms with van der Waals surface area (Å²) in [6, 6.07) is 10.6. The van der Waals surface area contributed by atoms with E-state index in [1.165, 1.54) is 33.1 Å². The van der Waals surface area contributed by atoms with Crippen molar-refractivity contribution in [3.63, 3.8) is 0 Å². The van der Waals surface area contributed by atoms with Crippen LogP contribution in [0.25, 0.3) is 11.0 Å². The number of hydrazone groups is 1. The first-order valence-electron chi connectivity index (χ1n) is 10.9. The van der Waals surface area contributed by atoms with Gasteiger partial charge < -0.3 is 29.7 Å². The summed E-state index contributed by atoms with van der Waals surface area (Å²) >= 11 is 0. The average Bonchev–Trinajstić information content (AvgIpc) is 2.90. The molecular formula is C24H25N7O5. The predicted octanol–water partition coefficient (Wildman–Crippen LogP) is 3.09. The summed E-state index contributed by atoms with van der Waals surface area (Å²) in [5.74, 6) is 1.95. The topological polar surface area (TPSA) is 156 Å². The standard InChI is InChI=1S/C24H25N7O5/c1-34-18-9-15(10-19(35-2)22(18)33)12-29-31-24-21-20(25-14-28-24)23(27-13-26-21)30-16-5-3-6-17(11-16)36-8-4-7-32/h3,5-6,9-14,32-33H,4,7-8H2,1-2H3,(H,25,28,31)(H,26,27,30)/b29-12+. The molecule has 0 fully saturated rings. The molecular weight excluding hydrogens is 466 g/mol. The van der Waals surface area contributed by atoms with E-state index in [0.29, 0.717) is 47.0 Å². The first-order chi connectivity index (χ1) is 17.6. The molecule has 2 heterocycles. The number of aliphatic hydroxyl groups is 1. The maximum absolute atomic E-state index is 10.1. The van der Waals surface area contributed by atoms with Crippen molar-refractivity contribution < 1.29 is 24.4 Å². The first-order valence-corrected chi connectivity index (χ1v) is 10.9. The van der Waals surface area contributed by atoms with Gasteiger partial charge in [0.1, 0.15) is 29.4 Å². The molecule has 0 aliphatic carbocycles. The number of phenolic OH excluding ortho intramolecular Hbond substituents is 1. The van der Waals surface area contributed by atoms with E-state index in [4.69, 9.17) is 19.3 Å². The summed E-state index contributed by atoms with van der Waals surface area (Å²) in [5, 5.41) is 26.5. The number of hydrogen-bond donors (Lipinski definition) is 4. The summed E-state index contributed by atoms with van der Waals surface area (Å²) in [6.45, 7) is 0.491. The zero-order chi connectivity index (χ0) is 25.3. The van der Waals surface area contributed by atoms with E-state index in [1.54, 1.807) is 12.1 Å². The summed E-state index contributed by atoms with van der Waals surface area (Å²) in [5.41, 5.74) is 5.20. The number of nitrogens with one attached hydrogen (secondary N) is 2. The van der Waals surface area contributed by atoms with Crippen LogP contribution in [0.3, 0.4) is 0 Å². The van der Waals surface area contributed by atoms with Gasteiger partial charge in [-0.3, -0.25) is 5.43 Å². The summed E-state index contributed by atoms with van der Waals surface area (Å²) in [4.78, 5) is 17.2. The highest BCUT2D eigenvalue weighted by atomic mass is 16.5. The Morgan fingerprint density at radius 2 is 1.64 bits per heavy atom. The summed E-state index contributed by atoms with van der Waals surface area (Å²) < 4.78 is 16.0. The lowest BCUT2D eigenvalue weighted by atomic mass is 10.2. The van der Waals surface area contributed by atoms with E-state index in [0.717, 1.165) is 5.69 Å². The Morgan fingerprint density at radius 1 is 0.944 bits per heavy atom. The number of anilines is 3. The highest BCUT2D eigenvalue weighted by Crippen LogP contribution is 2.36. The molecule has 186 valence electrons. The van der Waals surface area contributed by atoms with Crippen LogP contribution in [0.15, 0.2) is 54.2 Å². The zero-order valence-electron chi connectivity index (χ0n) is 19.7. The highest BCUT2D eigenvalue weighted by Gasteiger charge is 2.12. The molecule has 0 atom stereocenters. The van der Waals surface area contributed by atoms with Crippen LogP contribution in [0.4, 0.5) is 17.3 Å². The van der Waals surface area contributed by atoms with Gasteiger partial charge in [-0.1, -0.05) is 6.07 Å². The van der Waals surface area contributed by atoms with Crippen molar-refractivity contribution in [3.05, 3.63) is 54.6 Å². The molecule has 0 aliphatic heterocycles. The molecule has 4 aromatic rings. The molecule has 0 spiro atoms. The van der Waals surface area contributed by atoms with Crippen LogP contribution < -0.4 is 25.0 Å². The van der Waals surface area contributed by atoms with Crippen LogP contribution in [0.1, 0.15) is 12.0 Å². The number of nitrogens with zero attached hydrogens (tertiary/aromatic N) is 5. The van der Waals surface area contributed by atoms with Gasteiger partial charge in [-0.15, -0.1) is 0 Å². The maximum Gasteiger partial charge on any atom is 0.200 e. The highest BCUT2D eigenvalue weighted by molar-refractivity contribution is 5.93. The smallest absolute Gasteiger partial charge is 0.200 e. The second kappa shape index (κ2) is 11.6. The fourth-order valence-corrected chi connectivity index (χ4v) is 3.26. The molecule has 0 amide bonds. The lowest BCUT2D eigenvalue weighted by Gasteiger charge is -2.11. The third kappa shape index (κ3) is 5.67. The Bertz CT molecular complexity index is 1340. The number of methoxy groups -OCH3 is 2. The number of fused-ring (bicyclic) bond motifs is 1. The number of rotatable bonds is 11. The number of aromatic hydroxyl groups is 1. The van der Waals surface area contributed by atoms with E-state index in [1.807, 2.05) is 24.3 Å². The number of phenols is 1. The van der Waals surface area contributed by atoms with Crippen molar-refractivity contribution in [1.29, 1.82) is 0 Å². The van der Waals surface area contributed by atoms with Crippen LogP contribution in [0.5, 0.6) is 23.0 Å². The molecule has 2 aromatic carbocycles. The molecule has 12 heteroatoms. The van der Waals surface area contributed by atoms with Crippen molar-refractivity contribution >= 4 is 34.6 Å². The Labute approximate surface area is 206 Å². The molecule has 0 bridgehead atoms. The van der Waals surface area contributed by atoms with Gasteiger partial charge in [0.25, 0.3) is 0 Å². The number of benzene rings is 2. The van der Waals surface area contributed by atoms with Gasteiger partial charge in [0.05, 0.1) is 27.0 Å². The van der Waals surface area contributed by atoms with E-state index in [9.17, 15) is 5.11 Å². The lowest BCUT2D eigenvalue weighted by molar-refractivity contribution is 0.233. The van der Waals surface area contributed by atoms with Crippen molar-refractivity contribution in [1.82, 2.24) is 19.9 Å². The van der Waals surface area contributed by atoms with Crippen molar-refractivity contribution in [2.45, 2.75) is 6.42 Å². The average molecular weight is 492 g/mol. The summed E-state index contributed by atoms with van der Waals surface area (Å²) in [6.07, 6.45) is 4.87. The van der Waals surface area contributed by atoms with Crippen LogP contribution >= 0.6 is 0 Å². The van der Waals surface area contributed by atoms with Gasteiger partial charge in [-0.2, -0.15) is 5.10 Å². The van der Waals surface area contributed by atoms with E-state index < -0.39 is 0 Å². The minimum atomic E-state index is -0.0918. The number of aromatic nitrogens is 4. The first kappa shape index (κ1) is 24.4. The van der Waals surface area contributed by atoms with E-state index in [-0.39, 0.29) is 23.9 Å². The minimum Gasteiger partial charge on any atom is -0.502 e. The van der Waals surface area contributed by atoms with Crippen molar-refractivity contribution in [2.24, 2.45) is 5.10 Å². The SMILES string of the molecule is COc1cc(/C=N/Nc2ncnc3c(Nc4cccc(OCCCO)c4)ncnc23)cc(OC)c1O. The molecule has 0 aliphatic rings. The normalized spacial score (nSPS) is 11.0. The fourth-order valence-electron chi connectivity index (χ4n) is 3.26. The van der Waals surface area contributed by atoms with E-state index >= 15 is 0 Å². The second-order valence-corrected chi connectivity index (χ2v) is 7.36. The minimum absolute atomic E-state index is 0.0717. The Morgan fingerprint density at radius 3 is 2.33 bits per heavy atom. The molecule has 0 unspecified atom stereocenters. The molecule has 4 rings (SSSR count). The second-order valence-electron chi connectivity index (χ2n) is 7.36. The zero-order valence-corrected chi connectivity index (χ0v) is 19.7. The number of aliphatic hydroxyl groups excluding tert-OH is 1. The molecule has 12 nitrogen and oxygen atoms in total. The van der Waals surface area contributed by atoms with Crippen LogP contribution in [-0.2, 0) is 0 Å². The van der Waals surface area contributed by atoms with Gasteiger partial charge in [-0.25, -0.2) is 19.9 Å². The molecule has 0 saturated heterocycles. The Balaban J connectivity index is 1.54. The monoisotopic (exact) mass is 491 g/mol. The largest absolute Gasteiger partial charge is 0.502 e. The Kier molecular flexibility index (Phi) is 7.88.